The van der Waals surface area contributed by atoms with Crippen molar-refractivity contribution < 1.29 is 23.8 Å². The Morgan fingerprint density at radius 2 is 2.00 bits per heavy atom. The fourth-order valence-corrected chi connectivity index (χ4v) is 2.10. The van der Waals surface area contributed by atoms with Crippen LogP contribution in [0.4, 0.5) is 0 Å². The first-order valence-electron chi connectivity index (χ1n) is 5.06. The van der Waals surface area contributed by atoms with E-state index in [-0.39, 0.29) is 24.4 Å². The number of methoxy groups -OCH3 is 1. The normalized spacial score (nSPS) is 35.8. The second-order valence-corrected chi connectivity index (χ2v) is 3.80. The van der Waals surface area contributed by atoms with Crippen LogP contribution in [0.15, 0.2) is 0 Å². The molecule has 3 atom stereocenters. The summed E-state index contributed by atoms with van der Waals surface area (Å²) in [6.45, 7) is 1.06. The third-order valence-electron chi connectivity index (χ3n) is 2.91. The molecule has 15 heavy (non-hydrogen) atoms. The van der Waals surface area contributed by atoms with Gasteiger partial charge in [0, 0.05) is 6.42 Å². The molecule has 2 fully saturated rings. The average Bonchev–Trinajstić information content (AvgIpc) is 2.27. The lowest BCUT2D eigenvalue weighted by atomic mass is 9.83. The molecule has 0 radical (unpaired) electrons. The Labute approximate surface area is 87.7 Å². The molecule has 2 aliphatic rings. The van der Waals surface area contributed by atoms with Crippen molar-refractivity contribution in [3.05, 3.63) is 0 Å². The minimum Gasteiger partial charge on any atom is -0.468 e. The molecule has 1 aliphatic heterocycles. The second kappa shape index (κ2) is 4.28. The topological polar surface area (TPSA) is 61.8 Å². The predicted octanol–water partition coefficient (Wildman–Crippen LogP) is -0.0775. The number of hydrogen-bond acceptors (Lipinski definition) is 5. The van der Waals surface area contributed by atoms with Gasteiger partial charge in [-0.1, -0.05) is 0 Å². The van der Waals surface area contributed by atoms with Crippen molar-refractivity contribution in [3.8, 4) is 0 Å². The monoisotopic (exact) mass is 214 g/mol. The summed E-state index contributed by atoms with van der Waals surface area (Å²) in [5.74, 6) is -1.24. The van der Waals surface area contributed by atoms with Gasteiger partial charge >= 0.3 is 5.97 Å². The van der Waals surface area contributed by atoms with Gasteiger partial charge in [-0.15, -0.1) is 0 Å². The highest BCUT2D eigenvalue weighted by molar-refractivity contribution is 5.99. The lowest BCUT2D eigenvalue weighted by Crippen LogP contribution is -2.48. The zero-order chi connectivity index (χ0) is 10.8. The molecule has 3 unspecified atom stereocenters. The molecule has 0 spiro atoms. The largest absolute Gasteiger partial charge is 0.468 e. The number of ketones is 1. The van der Waals surface area contributed by atoms with Gasteiger partial charge in [-0.05, 0) is 6.42 Å². The van der Waals surface area contributed by atoms with E-state index in [1.807, 2.05) is 0 Å². The molecule has 2 rings (SSSR count). The van der Waals surface area contributed by atoms with E-state index in [2.05, 4.69) is 4.74 Å². The van der Waals surface area contributed by atoms with Crippen molar-refractivity contribution in [3.63, 3.8) is 0 Å². The zero-order valence-electron chi connectivity index (χ0n) is 8.60. The van der Waals surface area contributed by atoms with Gasteiger partial charge in [0.15, 0.2) is 0 Å². The smallest absolute Gasteiger partial charge is 0.316 e. The third kappa shape index (κ3) is 2.03. The maximum atomic E-state index is 11.6. The van der Waals surface area contributed by atoms with Gasteiger partial charge in [-0.3, -0.25) is 9.59 Å². The maximum Gasteiger partial charge on any atom is 0.316 e. The summed E-state index contributed by atoms with van der Waals surface area (Å²) in [5.41, 5.74) is 0. The van der Waals surface area contributed by atoms with E-state index in [0.29, 0.717) is 19.6 Å². The number of fused-ring (bicyclic) bond motifs is 1. The Bertz CT molecular complexity index is 275. The van der Waals surface area contributed by atoms with Crippen LogP contribution in [-0.2, 0) is 23.8 Å². The average molecular weight is 214 g/mol. The van der Waals surface area contributed by atoms with Gasteiger partial charge in [0.25, 0.3) is 0 Å². The highest BCUT2D eigenvalue weighted by Crippen LogP contribution is 2.28. The van der Waals surface area contributed by atoms with Crippen LogP contribution in [0.25, 0.3) is 0 Å². The van der Waals surface area contributed by atoms with E-state index < -0.39 is 11.9 Å². The fourth-order valence-electron chi connectivity index (χ4n) is 2.10. The zero-order valence-corrected chi connectivity index (χ0v) is 8.60. The van der Waals surface area contributed by atoms with Crippen LogP contribution in [0.3, 0.4) is 0 Å². The number of esters is 1. The van der Waals surface area contributed by atoms with Crippen LogP contribution in [0.2, 0.25) is 0 Å². The van der Waals surface area contributed by atoms with E-state index in [1.165, 1.54) is 7.11 Å². The van der Waals surface area contributed by atoms with Crippen molar-refractivity contribution in [2.75, 3.05) is 20.3 Å². The Kier molecular flexibility index (Phi) is 3.02. The van der Waals surface area contributed by atoms with Gasteiger partial charge in [0.1, 0.15) is 11.7 Å². The maximum absolute atomic E-state index is 11.6. The molecule has 0 aromatic rings. The molecule has 5 heteroatoms. The first-order valence-corrected chi connectivity index (χ1v) is 5.06. The fraction of sp³-hybridized carbons (Fsp3) is 0.800. The molecular weight excluding hydrogens is 200 g/mol. The highest BCUT2D eigenvalue weighted by Gasteiger charge is 2.42. The molecule has 5 nitrogen and oxygen atoms in total. The Morgan fingerprint density at radius 3 is 2.67 bits per heavy atom. The van der Waals surface area contributed by atoms with Crippen LogP contribution in [0.1, 0.15) is 12.8 Å². The summed E-state index contributed by atoms with van der Waals surface area (Å²) < 4.78 is 15.5. The lowest BCUT2D eigenvalue weighted by molar-refractivity contribution is -0.177. The molecule has 1 saturated heterocycles. The third-order valence-corrected chi connectivity index (χ3v) is 2.91. The summed E-state index contributed by atoms with van der Waals surface area (Å²) in [4.78, 5) is 22.9. The molecule has 0 amide bonds. The minimum atomic E-state index is -0.669. The van der Waals surface area contributed by atoms with Gasteiger partial charge < -0.3 is 14.2 Å². The Balaban J connectivity index is 2.04. The van der Waals surface area contributed by atoms with E-state index in [9.17, 15) is 9.59 Å². The molecule has 0 bridgehead atoms. The molecule has 1 saturated carbocycles. The minimum absolute atomic E-state index is 0.103. The second-order valence-electron chi connectivity index (χ2n) is 3.80. The van der Waals surface area contributed by atoms with Crippen molar-refractivity contribution in [1.29, 1.82) is 0 Å². The van der Waals surface area contributed by atoms with Crippen molar-refractivity contribution in [2.45, 2.75) is 25.0 Å². The molecule has 0 aromatic heterocycles. The van der Waals surface area contributed by atoms with Crippen LogP contribution < -0.4 is 0 Å². The number of carbonyl (C=O) groups is 2. The molecule has 1 aliphatic carbocycles. The van der Waals surface area contributed by atoms with Crippen molar-refractivity contribution >= 4 is 11.8 Å². The van der Waals surface area contributed by atoms with Crippen LogP contribution in [0, 0.1) is 5.92 Å². The molecule has 84 valence electrons. The first kappa shape index (κ1) is 10.6. The highest BCUT2D eigenvalue weighted by atomic mass is 16.6. The van der Waals surface area contributed by atoms with Crippen LogP contribution in [-0.4, -0.2) is 44.3 Å². The molecular formula is C10H14O5. The van der Waals surface area contributed by atoms with Gasteiger partial charge in [0.2, 0.25) is 0 Å². The van der Waals surface area contributed by atoms with Crippen LogP contribution in [0.5, 0.6) is 0 Å². The predicted molar refractivity (Wildman–Crippen MR) is 49.2 cm³/mol. The van der Waals surface area contributed by atoms with Crippen LogP contribution >= 0.6 is 0 Å². The van der Waals surface area contributed by atoms with Crippen molar-refractivity contribution in [1.82, 2.24) is 0 Å². The van der Waals surface area contributed by atoms with Gasteiger partial charge in [-0.2, -0.15) is 0 Å². The SMILES string of the molecule is COC(=O)C1CC2OCCOC2CC1=O. The first-order chi connectivity index (χ1) is 7.22. The van der Waals surface area contributed by atoms with E-state index in [4.69, 9.17) is 9.47 Å². The number of ether oxygens (including phenoxy) is 3. The molecule has 0 aromatic carbocycles. The number of hydrogen-bond donors (Lipinski definition) is 0. The summed E-state index contributed by atoms with van der Waals surface area (Å²) in [6.07, 6.45) is 0.327. The van der Waals surface area contributed by atoms with Gasteiger partial charge in [0.05, 0.1) is 32.5 Å². The lowest BCUT2D eigenvalue weighted by Gasteiger charge is -2.37. The summed E-state index contributed by atoms with van der Waals surface area (Å²) in [7, 11) is 1.29. The van der Waals surface area contributed by atoms with E-state index in [1.54, 1.807) is 0 Å². The van der Waals surface area contributed by atoms with E-state index in [0.717, 1.165) is 0 Å². The quantitative estimate of drug-likeness (QED) is 0.451. The standard InChI is InChI=1S/C10H14O5/c1-13-10(12)6-4-8-9(5-7(6)11)15-3-2-14-8/h6,8-9H,2-5H2,1H3. The Hall–Kier alpha value is -0.940. The number of carbonyl (C=O) groups excluding carboxylic acids is 2. The molecule has 1 heterocycles. The van der Waals surface area contributed by atoms with Gasteiger partial charge in [-0.25, -0.2) is 0 Å². The number of Topliss-reactive ketones (excluding diaryl/α,β-unsaturated/α-hetero) is 1. The van der Waals surface area contributed by atoms with E-state index >= 15 is 0 Å². The Morgan fingerprint density at radius 1 is 1.33 bits per heavy atom. The van der Waals surface area contributed by atoms with Crippen molar-refractivity contribution in [2.24, 2.45) is 5.92 Å². The summed E-state index contributed by atoms with van der Waals surface area (Å²) in [6, 6.07) is 0. The number of rotatable bonds is 1. The summed E-state index contributed by atoms with van der Waals surface area (Å²) >= 11 is 0. The molecule has 0 N–H and O–H groups in total. The summed E-state index contributed by atoms with van der Waals surface area (Å²) in [5, 5.41) is 0.